The standard InChI is InChI=1S/C27H25FN4O2S2/c1-31-11-13-32(14-12-31)26(34)22-8-3-2-7-21(22)25(33)29-20-9-10-23-24(16-20)36-27(30-23)35-17-18-5-4-6-19(28)15-18/h2-10,15-16H,11-14,17H2,1H3,(H,29,33). The van der Waals surface area contributed by atoms with Gasteiger partial charge in [0.2, 0.25) is 0 Å². The third-order valence-corrected chi connectivity index (χ3v) is 8.30. The smallest absolute Gasteiger partial charge is 0.256 e. The van der Waals surface area contributed by atoms with Crippen LogP contribution in [0, 0.1) is 5.82 Å². The molecule has 9 heteroatoms. The number of hydrogen-bond acceptors (Lipinski definition) is 6. The molecule has 0 spiro atoms. The molecule has 0 atom stereocenters. The van der Waals surface area contributed by atoms with Crippen molar-refractivity contribution in [3.63, 3.8) is 0 Å². The van der Waals surface area contributed by atoms with Crippen molar-refractivity contribution in [2.24, 2.45) is 0 Å². The van der Waals surface area contributed by atoms with Crippen molar-refractivity contribution >= 4 is 50.8 Å². The summed E-state index contributed by atoms with van der Waals surface area (Å²) in [5.74, 6) is -0.0619. The van der Waals surface area contributed by atoms with Gasteiger partial charge in [-0.2, -0.15) is 0 Å². The Morgan fingerprint density at radius 2 is 1.78 bits per heavy atom. The summed E-state index contributed by atoms with van der Waals surface area (Å²) >= 11 is 3.08. The lowest BCUT2D eigenvalue weighted by Crippen LogP contribution is -2.47. The molecule has 3 aromatic carbocycles. The molecule has 1 aliphatic rings. The highest BCUT2D eigenvalue weighted by molar-refractivity contribution is 8.00. The van der Waals surface area contributed by atoms with E-state index in [2.05, 4.69) is 15.2 Å². The number of carbonyl (C=O) groups excluding carboxylic acids is 2. The van der Waals surface area contributed by atoms with Crippen molar-refractivity contribution in [1.82, 2.24) is 14.8 Å². The molecular formula is C27H25FN4O2S2. The first-order valence-electron chi connectivity index (χ1n) is 11.6. The van der Waals surface area contributed by atoms with Gasteiger partial charge in [-0.3, -0.25) is 9.59 Å². The maximum atomic E-state index is 13.4. The van der Waals surface area contributed by atoms with E-state index in [0.29, 0.717) is 35.7 Å². The van der Waals surface area contributed by atoms with Gasteiger partial charge in [0, 0.05) is 37.6 Å². The van der Waals surface area contributed by atoms with Crippen LogP contribution in [0.5, 0.6) is 0 Å². The Morgan fingerprint density at radius 3 is 2.56 bits per heavy atom. The monoisotopic (exact) mass is 520 g/mol. The molecule has 0 unspecified atom stereocenters. The van der Waals surface area contributed by atoms with Gasteiger partial charge in [-0.25, -0.2) is 9.37 Å². The molecule has 2 heterocycles. The third-order valence-electron chi connectivity index (χ3n) is 6.07. The number of nitrogens with zero attached hydrogens (tertiary/aromatic N) is 3. The molecule has 6 nitrogen and oxygen atoms in total. The van der Waals surface area contributed by atoms with E-state index in [9.17, 15) is 14.0 Å². The number of amides is 2. The zero-order valence-electron chi connectivity index (χ0n) is 19.7. The van der Waals surface area contributed by atoms with Gasteiger partial charge in [0.15, 0.2) is 4.34 Å². The second-order valence-electron chi connectivity index (χ2n) is 8.68. The fourth-order valence-electron chi connectivity index (χ4n) is 4.06. The molecule has 1 saturated heterocycles. The molecular weight excluding hydrogens is 495 g/mol. The zero-order chi connectivity index (χ0) is 25.1. The number of thiazole rings is 1. The number of halogens is 1. The fraction of sp³-hybridized carbons (Fsp3) is 0.222. The van der Waals surface area contributed by atoms with E-state index in [0.717, 1.165) is 33.2 Å². The number of nitrogens with one attached hydrogen (secondary N) is 1. The summed E-state index contributed by atoms with van der Waals surface area (Å²) in [5, 5.41) is 2.94. The Kier molecular flexibility index (Phi) is 7.31. The van der Waals surface area contributed by atoms with E-state index < -0.39 is 0 Å². The van der Waals surface area contributed by atoms with E-state index in [1.54, 1.807) is 47.0 Å². The predicted octanol–water partition coefficient (Wildman–Crippen LogP) is 5.37. The first kappa shape index (κ1) is 24.4. The Balaban J connectivity index is 1.29. The number of carbonyl (C=O) groups is 2. The summed E-state index contributed by atoms with van der Waals surface area (Å²) in [6.07, 6.45) is 0. The Hall–Kier alpha value is -3.27. The van der Waals surface area contributed by atoms with Crippen molar-refractivity contribution in [3.05, 3.63) is 89.2 Å². The van der Waals surface area contributed by atoms with Crippen molar-refractivity contribution in [2.45, 2.75) is 10.1 Å². The van der Waals surface area contributed by atoms with E-state index in [-0.39, 0.29) is 17.6 Å². The molecule has 5 rings (SSSR count). The molecule has 0 radical (unpaired) electrons. The highest BCUT2D eigenvalue weighted by Gasteiger charge is 2.24. The van der Waals surface area contributed by atoms with Crippen LogP contribution >= 0.6 is 23.1 Å². The van der Waals surface area contributed by atoms with Crippen LogP contribution in [0.25, 0.3) is 10.2 Å². The van der Waals surface area contributed by atoms with Crippen molar-refractivity contribution in [3.8, 4) is 0 Å². The predicted molar refractivity (Wildman–Crippen MR) is 143 cm³/mol. The molecule has 1 aliphatic heterocycles. The Bertz CT molecular complexity index is 1420. The second kappa shape index (κ2) is 10.8. The molecule has 2 amide bonds. The van der Waals surface area contributed by atoms with Crippen LogP contribution in [-0.4, -0.2) is 59.8 Å². The maximum absolute atomic E-state index is 13.4. The number of piperazine rings is 1. The molecule has 4 aromatic rings. The van der Waals surface area contributed by atoms with Gasteiger partial charge in [0.1, 0.15) is 5.82 Å². The minimum Gasteiger partial charge on any atom is -0.336 e. The fourth-order valence-corrected chi connectivity index (χ4v) is 6.11. The largest absolute Gasteiger partial charge is 0.336 e. The molecule has 1 aromatic heterocycles. The average molecular weight is 521 g/mol. The van der Waals surface area contributed by atoms with Crippen molar-refractivity contribution < 1.29 is 14.0 Å². The first-order valence-corrected chi connectivity index (χ1v) is 13.4. The van der Waals surface area contributed by atoms with Gasteiger partial charge in [-0.1, -0.05) is 36.0 Å². The summed E-state index contributed by atoms with van der Waals surface area (Å²) in [6.45, 7) is 2.93. The number of fused-ring (bicyclic) bond motifs is 1. The van der Waals surface area contributed by atoms with Crippen LogP contribution in [0.2, 0.25) is 0 Å². The Morgan fingerprint density at radius 1 is 1.00 bits per heavy atom. The normalized spacial score (nSPS) is 14.2. The lowest BCUT2D eigenvalue weighted by Gasteiger charge is -2.32. The summed E-state index contributed by atoms with van der Waals surface area (Å²) in [4.78, 5) is 34.9. The lowest BCUT2D eigenvalue weighted by molar-refractivity contribution is 0.0660. The van der Waals surface area contributed by atoms with Crippen LogP contribution < -0.4 is 5.32 Å². The van der Waals surface area contributed by atoms with Gasteiger partial charge in [-0.15, -0.1) is 11.3 Å². The number of hydrogen-bond donors (Lipinski definition) is 1. The van der Waals surface area contributed by atoms with Gasteiger partial charge in [0.25, 0.3) is 11.8 Å². The molecule has 0 aliphatic carbocycles. The number of likely N-dealkylation sites (N-methyl/N-ethyl adjacent to an activating group) is 1. The molecule has 184 valence electrons. The summed E-state index contributed by atoms with van der Waals surface area (Å²) < 4.78 is 15.2. The average Bonchev–Trinajstić information content (AvgIpc) is 3.30. The van der Waals surface area contributed by atoms with Gasteiger partial charge >= 0.3 is 0 Å². The van der Waals surface area contributed by atoms with Crippen LogP contribution in [-0.2, 0) is 5.75 Å². The molecule has 36 heavy (non-hydrogen) atoms. The van der Waals surface area contributed by atoms with Crippen LogP contribution in [0.4, 0.5) is 10.1 Å². The molecule has 1 N–H and O–H groups in total. The van der Waals surface area contributed by atoms with Gasteiger partial charge in [0.05, 0.1) is 21.3 Å². The lowest BCUT2D eigenvalue weighted by atomic mass is 10.0. The van der Waals surface area contributed by atoms with Crippen molar-refractivity contribution in [2.75, 3.05) is 38.5 Å². The SMILES string of the molecule is CN1CCN(C(=O)c2ccccc2C(=O)Nc2ccc3nc(SCc4cccc(F)c4)sc3c2)CC1. The molecule has 0 bridgehead atoms. The Labute approximate surface area is 217 Å². The first-order chi connectivity index (χ1) is 17.5. The van der Waals surface area contributed by atoms with Crippen LogP contribution in [0.3, 0.4) is 0 Å². The van der Waals surface area contributed by atoms with Crippen molar-refractivity contribution in [1.29, 1.82) is 0 Å². The number of anilines is 1. The molecule has 0 saturated carbocycles. The summed E-state index contributed by atoms with van der Waals surface area (Å²) in [5.41, 5.74) is 3.15. The zero-order valence-corrected chi connectivity index (χ0v) is 21.4. The summed E-state index contributed by atoms with van der Waals surface area (Å²) in [7, 11) is 2.04. The number of aromatic nitrogens is 1. The van der Waals surface area contributed by atoms with E-state index in [1.165, 1.54) is 23.5 Å². The second-order valence-corrected chi connectivity index (χ2v) is 10.9. The highest BCUT2D eigenvalue weighted by Crippen LogP contribution is 2.33. The number of thioether (sulfide) groups is 1. The van der Waals surface area contributed by atoms with Gasteiger partial charge in [-0.05, 0) is 55.1 Å². The maximum Gasteiger partial charge on any atom is 0.256 e. The number of benzene rings is 3. The topological polar surface area (TPSA) is 65.5 Å². The summed E-state index contributed by atoms with van der Waals surface area (Å²) in [6, 6.07) is 19.1. The quantitative estimate of drug-likeness (QED) is 0.347. The van der Waals surface area contributed by atoms with Crippen LogP contribution in [0.15, 0.2) is 71.1 Å². The third kappa shape index (κ3) is 5.59. The molecule has 1 fully saturated rings. The minimum absolute atomic E-state index is 0.119. The number of rotatable bonds is 6. The van der Waals surface area contributed by atoms with E-state index in [1.807, 2.05) is 31.3 Å². The van der Waals surface area contributed by atoms with E-state index >= 15 is 0 Å². The van der Waals surface area contributed by atoms with E-state index in [4.69, 9.17) is 0 Å². The minimum atomic E-state index is -0.322. The van der Waals surface area contributed by atoms with Gasteiger partial charge < -0.3 is 15.1 Å². The highest BCUT2D eigenvalue weighted by atomic mass is 32.2. The van der Waals surface area contributed by atoms with Crippen LogP contribution in [0.1, 0.15) is 26.3 Å².